The molecular weight excluding hydrogens is 208 g/mol. The van der Waals surface area contributed by atoms with Crippen molar-refractivity contribution in [2.75, 3.05) is 20.1 Å². The molecule has 0 bridgehead atoms. The zero-order chi connectivity index (χ0) is 11.0. The van der Waals surface area contributed by atoms with Crippen LogP contribution in [0.15, 0.2) is 0 Å². The van der Waals surface area contributed by atoms with E-state index in [1.807, 2.05) is 0 Å². The van der Waals surface area contributed by atoms with Gasteiger partial charge in [0, 0.05) is 0 Å². The quantitative estimate of drug-likeness (QED) is 0.376. The number of carbonyl (C=O) groups excluding carboxylic acids is 4. The van der Waals surface area contributed by atoms with E-state index < -0.39 is 23.8 Å². The van der Waals surface area contributed by atoms with Crippen LogP contribution in [0.1, 0.15) is 0 Å². The second-order valence-electron chi connectivity index (χ2n) is 2.95. The van der Waals surface area contributed by atoms with E-state index in [1.54, 1.807) is 0 Å². The van der Waals surface area contributed by atoms with Crippen LogP contribution in [0.25, 0.3) is 0 Å². The Labute approximate surface area is 83.3 Å². The summed E-state index contributed by atoms with van der Waals surface area (Å²) in [5.74, 6) is -3.59. The van der Waals surface area contributed by atoms with Gasteiger partial charge in [0.15, 0.2) is 13.5 Å². The smallest absolute Gasteiger partial charge is 0.398 e. The van der Waals surface area contributed by atoms with Crippen molar-refractivity contribution in [1.82, 2.24) is 9.80 Å². The Balaban J connectivity index is 1.99. The Morgan fingerprint density at radius 1 is 0.867 bits per heavy atom. The first-order chi connectivity index (χ1) is 7.09. The summed E-state index contributed by atoms with van der Waals surface area (Å²) >= 11 is 0. The number of rotatable bonds is 2. The molecule has 0 radical (unpaired) electrons. The highest BCUT2D eigenvalue weighted by atomic mass is 16.6. The van der Waals surface area contributed by atoms with Crippen LogP contribution >= 0.6 is 0 Å². The van der Waals surface area contributed by atoms with Crippen LogP contribution in [0, 0.1) is 0 Å². The Morgan fingerprint density at radius 3 is 1.53 bits per heavy atom. The third-order valence-corrected chi connectivity index (χ3v) is 1.97. The summed E-state index contributed by atoms with van der Waals surface area (Å²) in [6, 6.07) is 0. The average molecular weight is 214 g/mol. The molecule has 8 heteroatoms. The number of nitrogens with zero attached hydrogens (tertiary/aromatic N) is 2. The van der Waals surface area contributed by atoms with E-state index in [2.05, 4.69) is 9.47 Å². The number of ether oxygens (including phenoxy) is 2. The van der Waals surface area contributed by atoms with Crippen molar-refractivity contribution in [2.24, 2.45) is 0 Å². The lowest BCUT2D eigenvalue weighted by atomic mass is 10.5. The zero-order valence-electron chi connectivity index (χ0n) is 7.47. The van der Waals surface area contributed by atoms with E-state index in [1.165, 1.54) is 0 Å². The van der Waals surface area contributed by atoms with Gasteiger partial charge in [0.05, 0.1) is 0 Å². The largest absolute Gasteiger partial charge is 0.437 e. The molecule has 2 saturated heterocycles. The summed E-state index contributed by atoms with van der Waals surface area (Å²) in [6.07, 6.45) is 0. The highest BCUT2D eigenvalue weighted by Crippen LogP contribution is 2.08. The van der Waals surface area contributed by atoms with Crippen LogP contribution in [0.4, 0.5) is 0 Å². The molecule has 2 amide bonds. The summed E-state index contributed by atoms with van der Waals surface area (Å²) < 4.78 is 8.85. The first-order valence-electron chi connectivity index (χ1n) is 4.01. The minimum Gasteiger partial charge on any atom is -0.437 e. The summed E-state index contributed by atoms with van der Waals surface area (Å²) in [5, 5.41) is 0. The molecule has 0 aromatic heterocycles. The Bertz CT molecular complexity index is 330. The van der Waals surface area contributed by atoms with Crippen molar-refractivity contribution in [3.8, 4) is 0 Å². The first kappa shape index (κ1) is 9.44. The van der Waals surface area contributed by atoms with Crippen LogP contribution in [0.3, 0.4) is 0 Å². The predicted octanol–water partition coefficient (Wildman–Crippen LogP) is -2.37. The minimum atomic E-state index is -0.964. The molecule has 8 nitrogen and oxygen atoms in total. The normalized spacial score (nSPS) is 21.1. The molecule has 0 aromatic rings. The lowest BCUT2D eigenvalue weighted by Crippen LogP contribution is -2.41. The number of carbonyl (C=O) groups is 4. The van der Waals surface area contributed by atoms with Gasteiger partial charge in [-0.1, -0.05) is 0 Å². The van der Waals surface area contributed by atoms with E-state index in [9.17, 15) is 19.2 Å². The van der Waals surface area contributed by atoms with Gasteiger partial charge in [0.2, 0.25) is 0 Å². The molecule has 0 N–H and O–H groups in total. The summed E-state index contributed by atoms with van der Waals surface area (Å²) in [6.45, 7) is -0.611. The molecule has 0 aromatic carbocycles. The fourth-order valence-electron chi connectivity index (χ4n) is 1.19. The SMILES string of the molecule is O=C1OCN(CN2COC(=O)C2=O)C1=O. The van der Waals surface area contributed by atoms with E-state index in [-0.39, 0.29) is 20.1 Å². The standard InChI is InChI=1S/C7H6N2O6/c10-4-6(12)14-2-8(4)1-9-3-15-7(13)5(9)11/h1-3H2. The fourth-order valence-corrected chi connectivity index (χ4v) is 1.19. The predicted molar refractivity (Wildman–Crippen MR) is 40.5 cm³/mol. The van der Waals surface area contributed by atoms with Crippen LogP contribution < -0.4 is 0 Å². The van der Waals surface area contributed by atoms with Crippen LogP contribution in [0.2, 0.25) is 0 Å². The van der Waals surface area contributed by atoms with Crippen molar-refractivity contribution in [2.45, 2.75) is 0 Å². The van der Waals surface area contributed by atoms with Gasteiger partial charge in [0.1, 0.15) is 6.67 Å². The Hall–Kier alpha value is -2.12. The lowest BCUT2D eigenvalue weighted by molar-refractivity contribution is -0.149. The van der Waals surface area contributed by atoms with E-state index in [0.29, 0.717) is 0 Å². The van der Waals surface area contributed by atoms with Gasteiger partial charge in [-0.05, 0) is 0 Å². The topological polar surface area (TPSA) is 93.2 Å². The highest BCUT2D eigenvalue weighted by molar-refractivity contribution is 6.35. The number of hydrogen-bond donors (Lipinski definition) is 0. The summed E-state index contributed by atoms with van der Waals surface area (Å²) in [5.41, 5.74) is 0. The van der Waals surface area contributed by atoms with Crippen LogP contribution in [-0.2, 0) is 28.7 Å². The maximum Gasteiger partial charge on any atom is 0.398 e. The van der Waals surface area contributed by atoms with Gasteiger partial charge in [-0.2, -0.15) is 0 Å². The summed E-state index contributed by atoms with van der Waals surface area (Å²) in [7, 11) is 0. The molecule has 0 saturated carbocycles. The maximum absolute atomic E-state index is 11.1. The number of amides is 2. The van der Waals surface area contributed by atoms with Gasteiger partial charge >= 0.3 is 23.8 Å². The Morgan fingerprint density at radius 2 is 1.27 bits per heavy atom. The maximum atomic E-state index is 11.1. The van der Waals surface area contributed by atoms with Crippen molar-refractivity contribution >= 4 is 23.8 Å². The number of esters is 2. The molecule has 0 unspecified atom stereocenters. The Kier molecular flexibility index (Phi) is 2.03. The third-order valence-electron chi connectivity index (χ3n) is 1.97. The minimum absolute atomic E-state index is 0.185. The van der Waals surface area contributed by atoms with Crippen molar-refractivity contribution in [1.29, 1.82) is 0 Å². The van der Waals surface area contributed by atoms with Gasteiger partial charge < -0.3 is 9.47 Å². The molecule has 2 heterocycles. The number of cyclic esters (lactones) is 2. The molecule has 2 rings (SSSR count). The van der Waals surface area contributed by atoms with E-state index in [0.717, 1.165) is 9.80 Å². The fraction of sp³-hybridized carbons (Fsp3) is 0.429. The number of hydrogen-bond acceptors (Lipinski definition) is 6. The molecule has 2 aliphatic rings. The average Bonchev–Trinajstić information content (AvgIpc) is 2.68. The molecule has 0 atom stereocenters. The monoisotopic (exact) mass is 214 g/mol. The van der Waals surface area contributed by atoms with Crippen LogP contribution in [0.5, 0.6) is 0 Å². The van der Waals surface area contributed by atoms with Crippen LogP contribution in [-0.4, -0.2) is 53.7 Å². The van der Waals surface area contributed by atoms with Crippen molar-refractivity contribution < 1.29 is 28.7 Å². The molecule has 2 fully saturated rings. The van der Waals surface area contributed by atoms with Gasteiger partial charge in [-0.15, -0.1) is 0 Å². The van der Waals surface area contributed by atoms with Gasteiger partial charge in [-0.3, -0.25) is 19.4 Å². The summed E-state index contributed by atoms with van der Waals surface area (Å²) in [4.78, 5) is 45.5. The third kappa shape index (κ3) is 1.49. The lowest BCUT2D eigenvalue weighted by Gasteiger charge is -2.18. The molecule has 15 heavy (non-hydrogen) atoms. The van der Waals surface area contributed by atoms with Gasteiger partial charge in [0.25, 0.3) is 0 Å². The highest BCUT2D eigenvalue weighted by Gasteiger charge is 2.37. The zero-order valence-corrected chi connectivity index (χ0v) is 7.47. The molecule has 2 aliphatic heterocycles. The second kappa shape index (κ2) is 3.23. The second-order valence-corrected chi connectivity index (χ2v) is 2.95. The molecule has 0 spiro atoms. The van der Waals surface area contributed by atoms with E-state index in [4.69, 9.17) is 0 Å². The van der Waals surface area contributed by atoms with E-state index >= 15 is 0 Å². The van der Waals surface area contributed by atoms with Crippen molar-refractivity contribution in [3.63, 3.8) is 0 Å². The van der Waals surface area contributed by atoms with Gasteiger partial charge in [-0.25, -0.2) is 9.59 Å². The first-order valence-corrected chi connectivity index (χ1v) is 4.01. The molecular formula is C7H6N2O6. The molecule has 80 valence electrons. The molecule has 0 aliphatic carbocycles. The van der Waals surface area contributed by atoms with Crippen molar-refractivity contribution in [3.05, 3.63) is 0 Å².